The third-order valence-corrected chi connectivity index (χ3v) is 4.52. The molecule has 6 heteroatoms. The van der Waals surface area contributed by atoms with Gasteiger partial charge < -0.3 is 5.32 Å². The molecule has 132 valence electrons. The van der Waals surface area contributed by atoms with Gasteiger partial charge in [0.15, 0.2) is 0 Å². The number of rotatable bonds is 5. The van der Waals surface area contributed by atoms with Gasteiger partial charge in [0.1, 0.15) is 11.9 Å². The van der Waals surface area contributed by atoms with E-state index in [1.807, 2.05) is 55.8 Å². The molecule has 0 radical (unpaired) electrons. The molecule has 0 spiro atoms. The first kappa shape index (κ1) is 17.2. The number of fused-ring (bicyclic) bond motifs is 1. The molecule has 0 fully saturated rings. The van der Waals surface area contributed by atoms with E-state index in [1.54, 1.807) is 4.90 Å². The summed E-state index contributed by atoms with van der Waals surface area (Å²) in [6, 6.07) is 9.39. The van der Waals surface area contributed by atoms with E-state index in [9.17, 15) is 9.59 Å². The number of hydrogen-bond donors (Lipinski definition) is 1. The van der Waals surface area contributed by atoms with E-state index in [1.165, 1.54) is 5.56 Å². The van der Waals surface area contributed by atoms with Gasteiger partial charge in [0.2, 0.25) is 11.8 Å². The average molecular weight is 340 g/mol. The summed E-state index contributed by atoms with van der Waals surface area (Å²) in [4.78, 5) is 26.8. The average Bonchev–Trinajstić information content (AvgIpc) is 2.97. The molecular weight excluding hydrogens is 316 g/mol. The lowest BCUT2D eigenvalue weighted by Gasteiger charge is -2.33. The molecule has 2 amide bonds. The lowest BCUT2D eigenvalue weighted by atomic mass is 10.1. The van der Waals surface area contributed by atoms with Crippen molar-refractivity contribution in [1.82, 2.24) is 15.1 Å². The van der Waals surface area contributed by atoms with Crippen molar-refractivity contribution in [3.8, 4) is 0 Å². The lowest BCUT2D eigenvalue weighted by Crippen LogP contribution is -2.52. The van der Waals surface area contributed by atoms with Gasteiger partial charge in [0, 0.05) is 19.0 Å². The Morgan fingerprint density at radius 2 is 2.00 bits per heavy atom. The number of anilines is 1. The molecule has 1 aliphatic heterocycles. The maximum Gasteiger partial charge on any atom is 0.243 e. The second-order valence-electron chi connectivity index (χ2n) is 6.51. The molecule has 0 saturated carbocycles. The molecule has 0 bridgehead atoms. The quantitative estimate of drug-likeness (QED) is 0.908. The number of carbonyl (C=O) groups is 2. The molecule has 2 heterocycles. The fourth-order valence-corrected chi connectivity index (χ4v) is 3.17. The summed E-state index contributed by atoms with van der Waals surface area (Å²) in [6.07, 6.45) is 0.922. The van der Waals surface area contributed by atoms with Gasteiger partial charge in [-0.15, -0.1) is 0 Å². The van der Waals surface area contributed by atoms with Crippen LogP contribution < -0.4 is 10.2 Å². The Labute approximate surface area is 147 Å². The van der Waals surface area contributed by atoms with Crippen molar-refractivity contribution in [3.63, 3.8) is 0 Å². The fourth-order valence-electron chi connectivity index (χ4n) is 3.17. The molecule has 1 aromatic carbocycles. The van der Waals surface area contributed by atoms with Crippen LogP contribution in [0, 0.1) is 13.8 Å². The van der Waals surface area contributed by atoms with Crippen molar-refractivity contribution >= 4 is 17.6 Å². The van der Waals surface area contributed by atoms with Gasteiger partial charge in [0.25, 0.3) is 0 Å². The first-order chi connectivity index (χ1) is 12.0. The summed E-state index contributed by atoms with van der Waals surface area (Å²) >= 11 is 0. The molecule has 1 aliphatic rings. The highest BCUT2D eigenvalue weighted by Crippen LogP contribution is 2.26. The Morgan fingerprint density at radius 3 is 2.68 bits per heavy atom. The number of nitrogens with one attached hydrogen (secondary N) is 1. The SMILES string of the molecule is CC[C@H](C(=O)NCc1ccc(C)cc1)N1C(=O)CCn2nc(C)cc21. The zero-order valence-electron chi connectivity index (χ0n) is 15.0. The zero-order valence-corrected chi connectivity index (χ0v) is 15.0. The van der Waals surface area contributed by atoms with Crippen molar-refractivity contribution in [1.29, 1.82) is 0 Å². The molecular formula is C19H24N4O2. The maximum absolute atomic E-state index is 12.7. The van der Waals surface area contributed by atoms with Gasteiger partial charge in [-0.2, -0.15) is 5.10 Å². The Morgan fingerprint density at radius 1 is 1.28 bits per heavy atom. The van der Waals surface area contributed by atoms with Gasteiger partial charge >= 0.3 is 0 Å². The Balaban J connectivity index is 1.75. The summed E-state index contributed by atoms with van der Waals surface area (Å²) in [5, 5.41) is 7.37. The van der Waals surface area contributed by atoms with Crippen LogP contribution in [0.1, 0.15) is 36.6 Å². The van der Waals surface area contributed by atoms with E-state index in [4.69, 9.17) is 0 Å². The normalized spacial score (nSPS) is 15.0. The smallest absolute Gasteiger partial charge is 0.243 e. The molecule has 6 nitrogen and oxygen atoms in total. The molecule has 1 N–H and O–H groups in total. The minimum atomic E-state index is -0.520. The number of benzene rings is 1. The van der Waals surface area contributed by atoms with Crippen LogP contribution in [0.5, 0.6) is 0 Å². The van der Waals surface area contributed by atoms with Crippen molar-refractivity contribution in [3.05, 3.63) is 47.2 Å². The van der Waals surface area contributed by atoms with Gasteiger partial charge in [-0.25, -0.2) is 4.68 Å². The number of nitrogens with zero attached hydrogens (tertiary/aromatic N) is 3. The molecule has 0 unspecified atom stereocenters. The number of aromatic nitrogens is 2. The largest absolute Gasteiger partial charge is 0.350 e. The highest BCUT2D eigenvalue weighted by Gasteiger charge is 2.34. The van der Waals surface area contributed by atoms with E-state index < -0.39 is 6.04 Å². The van der Waals surface area contributed by atoms with E-state index in [0.717, 1.165) is 11.3 Å². The summed E-state index contributed by atoms with van der Waals surface area (Å²) in [7, 11) is 0. The minimum absolute atomic E-state index is 0.0234. The van der Waals surface area contributed by atoms with Crippen LogP contribution in [-0.4, -0.2) is 27.6 Å². The predicted molar refractivity (Wildman–Crippen MR) is 96.2 cm³/mol. The standard InChI is InChI=1S/C19H24N4O2/c1-4-16(19(25)20-12-15-7-5-13(2)6-8-15)23-17-11-14(3)21-22(17)10-9-18(23)24/h5-8,11,16H,4,9-10,12H2,1-3H3,(H,20,25)/t16-/m1/s1. The summed E-state index contributed by atoms with van der Waals surface area (Å²) in [5.74, 6) is 0.555. The van der Waals surface area contributed by atoms with Crippen molar-refractivity contribution in [2.24, 2.45) is 0 Å². The predicted octanol–water partition coefficient (Wildman–Crippen LogP) is 2.33. The lowest BCUT2D eigenvalue weighted by molar-refractivity contribution is -0.127. The number of hydrogen-bond acceptors (Lipinski definition) is 3. The first-order valence-electron chi connectivity index (χ1n) is 8.69. The molecule has 0 saturated heterocycles. The van der Waals surface area contributed by atoms with E-state index >= 15 is 0 Å². The van der Waals surface area contributed by atoms with Crippen LogP contribution in [0.2, 0.25) is 0 Å². The number of aryl methyl sites for hydroxylation is 3. The molecule has 3 rings (SSSR count). The molecule has 1 atom stereocenters. The first-order valence-corrected chi connectivity index (χ1v) is 8.69. The second-order valence-corrected chi connectivity index (χ2v) is 6.51. The van der Waals surface area contributed by atoms with Crippen LogP contribution in [0.15, 0.2) is 30.3 Å². The van der Waals surface area contributed by atoms with Gasteiger partial charge in [-0.3, -0.25) is 14.5 Å². The highest BCUT2D eigenvalue weighted by molar-refractivity contribution is 6.00. The fraction of sp³-hybridized carbons (Fsp3) is 0.421. The summed E-state index contributed by atoms with van der Waals surface area (Å²) in [6.45, 7) is 6.87. The van der Waals surface area contributed by atoms with E-state index in [2.05, 4.69) is 10.4 Å². The number of amides is 2. The van der Waals surface area contributed by atoms with E-state index in [-0.39, 0.29) is 11.8 Å². The van der Waals surface area contributed by atoms with Crippen molar-refractivity contribution in [2.45, 2.75) is 52.7 Å². The van der Waals surface area contributed by atoms with E-state index in [0.29, 0.717) is 31.7 Å². The minimum Gasteiger partial charge on any atom is -0.350 e. The van der Waals surface area contributed by atoms with Crippen LogP contribution in [0.3, 0.4) is 0 Å². The second kappa shape index (κ2) is 7.09. The molecule has 0 aliphatic carbocycles. The molecule has 25 heavy (non-hydrogen) atoms. The van der Waals surface area contributed by atoms with Gasteiger partial charge in [0.05, 0.1) is 12.2 Å². The highest BCUT2D eigenvalue weighted by atomic mass is 16.2. The van der Waals surface area contributed by atoms with Gasteiger partial charge in [-0.1, -0.05) is 36.8 Å². The number of carbonyl (C=O) groups excluding carboxylic acids is 2. The summed E-state index contributed by atoms with van der Waals surface area (Å²) < 4.78 is 1.81. The van der Waals surface area contributed by atoms with Crippen molar-refractivity contribution < 1.29 is 9.59 Å². The van der Waals surface area contributed by atoms with Crippen LogP contribution in [-0.2, 0) is 22.7 Å². The topological polar surface area (TPSA) is 67.2 Å². The molecule has 1 aromatic heterocycles. The Bertz CT molecular complexity index is 779. The van der Waals surface area contributed by atoms with Gasteiger partial charge in [-0.05, 0) is 25.8 Å². The van der Waals surface area contributed by atoms with Crippen molar-refractivity contribution in [2.75, 3.05) is 4.90 Å². The van der Waals surface area contributed by atoms with Crippen LogP contribution >= 0.6 is 0 Å². The third-order valence-electron chi connectivity index (χ3n) is 4.52. The molecule has 2 aromatic rings. The third kappa shape index (κ3) is 3.57. The zero-order chi connectivity index (χ0) is 18.0. The Kier molecular flexibility index (Phi) is 4.88. The maximum atomic E-state index is 12.7. The van der Waals surface area contributed by atoms with Crippen LogP contribution in [0.25, 0.3) is 0 Å². The van der Waals surface area contributed by atoms with Crippen LogP contribution in [0.4, 0.5) is 5.82 Å². The summed E-state index contributed by atoms with van der Waals surface area (Å²) in [5.41, 5.74) is 3.08. The monoisotopic (exact) mass is 340 g/mol. The Hall–Kier alpha value is -2.63.